The van der Waals surface area contributed by atoms with Crippen molar-refractivity contribution in [1.82, 2.24) is 10.6 Å². The lowest BCUT2D eigenvalue weighted by Crippen LogP contribution is -2.58. The second-order valence-corrected chi connectivity index (χ2v) is 7.74. The smallest absolute Gasteiger partial charge is 0.407 e. The van der Waals surface area contributed by atoms with Gasteiger partial charge in [-0.1, -0.05) is 48.5 Å². The van der Waals surface area contributed by atoms with Crippen molar-refractivity contribution in [3.8, 4) is 11.1 Å². The highest BCUT2D eigenvalue weighted by atomic mass is 16.5. The predicted molar refractivity (Wildman–Crippen MR) is 103 cm³/mol. The Kier molecular flexibility index (Phi) is 4.34. The molecule has 140 valence electrons. The van der Waals surface area contributed by atoms with Gasteiger partial charge in [0.2, 0.25) is 0 Å². The lowest BCUT2D eigenvalue weighted by Gasteiger charge is -2.40. The van der Waals surface area contributed by atoms with Crippen LogP contribution in [0.25, 0.3) is 11.1 Å². The summed E-state index contributed by atoms with van der Waals surface area (Å²) in [6.07, 6.45) is 1.46. The standard InChI is InChI=1S/C22H24N2O3/c25-22(24-14-9-15-11-26-12-16(10-14)23-15)27-13-21-19-7-3-1-5-17(19)18-6-2-4-8-20(18)21/h1-8,14-16,21,23H,9-13H2,(H,24,25). The Morgan fingerprint density at radius 1 is 1.00 bits per heavy atom. The first-order valence-electron chi connectivity index (χ1n) is 9.73. The molecule has 2 saturated heterocycles. The summed E-state index contributed by atoms with van der Waals surface area (Å²) in [5.41, 5.74) is 4.96. The summed E-state index contributed by atoms with van der Waals surface area (Å²) in [4.78, 5) is 12.4. The van der Waals surface area contributed by atoms with Crippen LogP contribution in [0.15, 0.2) is 48.5 Å². The zero-order valence-corrected chi connectivity index (χ0v) is 15.2. The number of hydrogen-bond donors (Lipinski definition) is 2. The van der Waals surface area contributed by atoms with E-state index in [2.05, 4.69) is 47.0 Å². The van der Waals surface area contributed by atoms with Gasteiger partial charge in [0.15, 0.2) is 0 Å². The molecule has 2 aromatic rings. The number of alkyl carbamates (subject to hydrolysis) is 1. The number of piperidine rings is 1. The Morgan fingerprint density at radius 2 is 1.59 bits per heavy atom. The van der Waals surface area contributed by atoms with Crippen LogP contribution in [0.3, 0.4) is 0 Å². The van der Waals surface area contributed by atoms with Crippen LogP contribution in [0, 0.1) is 0 Å². The number of morpholine rings is 1. The minimum absolute atomic E-state index is 0.101. The summed E-state index contributed by atoms with van der Waals surface area (Å²) in [6, 6.07) is 17.6. The monoisotopic (exact) mass is 364 g/mol. The molecular weight excluding hydrogens is 340 g/mol. The van der Waals surface area contributed by atoms with Gasteiger partial charge in [-0.15, -0.1) is 0 Å². The molecule has 2 bridgehead atoms. The summed E-state index contributed by atoms with van der Waals surface area (Å²) in [5, 5.41) is 6.60. The Morgan fingerprint density at radius 3 is 2.22 bits per heavy atom. The van der Waals surface area contributed by atoms with Gasteiger partial charge in [0.25, 0.3) is 0 Å². The van der Waals surface area contributed by atoms with Crippen LogP contribution in [-0.2, 0) is 9.47 Å². The number of carbonyl (C=O) groups excluding carboxylic acids is 1. The Hall–Kier alpha value is -2.37. The first-order valence-corrected chi connectivity index (χ1v) is 9.73. The molecule has 1 aliphatic carbocycles. The van der Waals surface area contributed by atoms with Crippen LogP contribution >= 0.6 is 0 Å². The number of nitrogens with one attached hydrogen (secondary N) is 2. The molecule has 2 atom stereocenters. The van der Waals surface area contributed by atoms with Gasteiger partial charge < -0.3 is 20.1 Å². The summed E-state index contributed by atoms with van der Waals surface area (Å²) >= 11 is 0. The van der Waals surface area contributed by atoms with Crippen molar-refractivity contribution in [2.24, 2.45) is 0 Å². The van der Waals surface area contributed by atoms with Crippen LogP contribution in [-0.4, -0.2) is 44.0 Å². The van der Waals surface area contributed by atoms with Gasteiger partial charge in [0, 0.05) is 24.0 Å². The van der Waals surface area contributed by atoms with E-state index in [0.717, 1.165) is 26.1 Å². The third kappa shape index (κ3) is 3.22. The highest BCUT2D eigenvalue weighted by Gasteiger charge is 2.33. The molecule has 0 spiro atoms. The third-order valence-electron chi connectivity index (χ3n) is 5.91. The number of fused-ring (bicyclic) bond motifs is 5. The zero-order chi connectivity index (χ0) is 18.2. The maximum atomic E-state index is 12.4. The molecule has 2 heterocycles. The van der Waals surface area contributed by atoms with Crippen LogP contribution < -0.4 is 10.6 Å². The van der Waals surface area contributed by atoms with Crippen molar-refractivity contribution in [2.75, 3.05) is 19.8 Å². The maximum absolute atomic E-state index is 12.4. The fourth-order valence-electron chi connectivity index (χ4n) is 4.76. The highest BCUT2D eigenvalue weighted by Crippen LogP contribution is 2.44. The average Bonchev–Trinajstić information content (AvgIpc) is 3.00. The Bertz CT molecular complexity index is 795. The van der Waals surface area contributed by atoms with E-state index in [1.165, 1.54) is 22.3 Å². The molecule has 2 aliphatic heterocycles. The fourth-order valence-corrected chi connectivity index (χ4v) is 4.76. The number of carbonyl (C=O) groups is 1. The molecule has 2 N–H and O–H groups in total. The lowest BCUT2D eigenvalue weighted by molar-refractivity contribution is 0.0143. The van der Waals surface area contributed by atoms with Crippen molar-refractivity contribution in [1.29, 1.82) is 0 Å². The number of ether oxygens (including phenoxy) is 2. The Balaban J connectivity index is 1.24. The van der Waals surface area contributed by atoms with Gasteiger partial charge in [-0.25, -0.2) is 4.79 Å². The third-order valence-corrected chi connectivity index (χ3v) is 5.91. The molecule has 5 nitrogen and oxygen atoms in total. The van der Waals surface area contributed by atoms with E-state index in [9.17, 15) is 4.79 Å². The van der Waals surface area contributed by atoms with E-state index >= 15 is 0 Å². The second-order valence-electron chi connectivity index (χ2n) is 7.74. The number of amides is 1. The van der Waals surface area contributed by atoms with E-state index in [1.807, 2.05) is 12.1 Å². The van der Waals surface area contributed by atoms with E-state index < -0.39 is 0 Å². The van der Waals surface area contributed by atoms with Crippen molar-refractivity contribution in [3.63, 3.8) is 0 Å². The fraction of sp³-hybridized carbons (Fsp3) is 0.409. The highest BCUT2D eigenvalue weighted by molar-refractivity contribution is 5.79. The van der Waals surface area contributed by atoms with Gasteiger partial charge in [0.1, 0.15) is 6.61 Å². The first kappa shape index (κ1) is 16.8. The molecule has 2 aromatic carbocycles. The molecule has 2 unspecified atom stereocenters. The van der Waals surface area contributed by atoms with Gasteiger partial charge in [-0.2, -0.15) is 0 Å². The molecule has 0 aromatic heterocycles. The molecule has 0 radical (unpaired) electrons. The van der Waals surface area contributed by atoms with Gasteiger partial charge >= 0.3 is 6.09 Å². The normalized spacial score (nSPS) is 26.1. The van der Waals surface area contributed by atoms with Gasteiger partial charge in [-0.05, 0) is 35.1 Å². The van der Waals surface area contributed by atoms with E-state index in [4.69, 9.17) is 9.47 Å². The minimum Gasteiger partial charge on any atom is -0.449 e. The molecule has 1 amide bonds. The molecule has 27 heavy (non-hydrogen) atoms. The summed E-state index contributed by atoms with van der Waals surface area (Å²) in [5.74, 6) is 0.101. The predicted octanol–water partition coefficient (Wildman–Crippen LogP) is 3.04. The molecule has 0 saturated carbocycles. The van der Waals surface area contributed by atoms with E-state index in [1.54, 1.807) is 0 Å². The van der Waals surface area contributed by atoms with Gasteiger partial charge in [-0.3, -0.25) is 0 Å². The minimum atomic E-state index is -0.317. The van der Waals surface area contributed by atoms with Crippen molar-refractivity contribution in [2.45, 2.75) is 36.9 Å². The molecule has 3 aliphatic rings. The zero-order valence-electron chi connectivity index (χ0n) is 15.2. The second kappa shape index (κ2) is 6.98. The quantitative estimate of drug-likeness (QED) is 0.879. The van der Waals surface area contributed by atoms with E-state index in [0.29, 0.717) is 18.7 Å². The van der Waals surface area contributed by atoms with Crippen molar-refractivity contribution >= 4 is 6.09 Å². The van der Waals surface area contributed by atoms with Crippen molar-refractivity contribution < 1.29 is 14.3 Å². The molecular formula is C22H24N2O3. The molecule has 5 rings (SSSR count). The summed E-state index contributed by atoms with van der Waals surface area (Å²) in [6.45, 7) is 1.81. The van der Waals surface area contributed by atoms with Crippen LogP contribution in [0.4, 0.5) is 4.79 Å². The maximum Gasteiger partial charge on any atom is 0.407 e. The molecule has 2 fully saturated rings. The number of hydrogen-bond acceptors (Lipinski definition) is 4. The van der Waals surface area contributed by atoms with Crippen LogP contribution in [0.1, 0.15) is 29.9 Å². The summed E-state index contributed by atoms with van der Waals surface area (Å²) < 4.78 is 11.2. The number of rotatable bonds is 3. The molecule has 5 heteroatoms. The van der Waals surface area contributed by atoms with Crippen LogP contribution in [0.5, 0.6) is 0 Å². The van der Waals surface area contributed by atoms with Gasteiger partial charge in [0.05, 0.1) is 13.2 Å². The topological polar surface area (TPSA) is 59.6 Å². The van der Waals surface area contributed by atoms with Crippen LogP contribution in [0.2, 0.25) is 0 Å². The van der Waals surface area contributed by atoms with E-state index in [-0.39, 0.29) is 18.1 Å². The first-order chi connectivity index (χ1) is 13.3. The lowest BCUT2D eigenvalue weighted by atomic mass is 9.93. The SMILES string of the molecule is O=C(NC1CC2COCC(C1)N2)OCC1c2ccccc2-c2ccccc21. The average molecular weight is 364 g/mol. The largest absolute Gasteiger partial charge is 0.449 e. The number of benzene rings is 2. The van der Waals surface area contributed by atoms with Crippen molar-refractivity contribution in [3.05, 3.63) is 59.7 Å². The summed E-state index contributed by atoms with van der Waals surface area (Å²) in [7, 11) is 0. The Labute approximate surface area is 159 Å².